The average Bonchev–Trinajstić information content (AvgIpc) is 2.20. The van der Waals surface area contributed by atoms with Gasteiger partial charge >= 0.3 is 5.97 Å². The molecule has 1 aromatic carbocycles. The van der Waals surface area contributed by atoms with Crippen LogP contribution < -0.4 is 4.90 Å². The molecule has 0 aliphatic rings. The van der Waals surface area contributed by atoms with E-state index in [9.17, 15) is 4.79 Å². The van der Waals surface area contributed by atoms with Gasteiger partial charge in [0.2, 0.25) is 0 Å². The van der Waals surface area contributed by atoms with Crippen LogP contribution in [0.4, 0.5) is 5.69 Å². The molecule has 0 saturated heterocycles. The molecule has 4 nitrogen and oxygen atoms in total. The molecule has 1 unspecified atom stereocenters. The van der Waals surface area contributed by atoms with E-state index in [0.29, 0.717) is 0 Å². The van der Waals surface area contributed by atoms with Crippen LogP contribution in [0.1, 0.15) is 6.92 Å². The second kappa shape index (κ2) is 6.84. The molecule has 0 heterocycles. The second-order valence-electron chi connectivity index (χ2n) is 3.24. The number of carboxylic acid groups (broad SMARTS) is 1. The van der Waals surface area contributed by atoms with Gasteiger partial charge in [0.1, 0.15) is 6.10 Å². The molecule has 1 rings (SSSR count). The number of anilines is 1. The molecule has 0 aliphatic carbocycles. The summed E-state index contributed by atoms with van der Waals surface area (Å²) in [6.07, 6.45) is -1.23. The van der Waals surface area contributed by atoms with Gasteiger partial charge in [0.05, 0.1) is 0 Å². The Bertz CT molecular complexity index is 283. The van der Waals surface area contributed by atoms with Crippen LogP contribution in [0, 0.1) is 0 Å². The first kappa shape index (κ1) is 13.4. The minimum Gasteiger partial charge on any atom is -0.479 e. The summed E-state index contributed by atoms with van der Waals surface area (Å²) < 4.78 is 0. The number of hydrogen-bond donors (Lipinski definition) is 2. The minimum atomic E-state index is -1.23. The third-order valence-corrected chi connectivity index (χ3v) is 1.63. The van der Waals surface area contributed by atoms with Gasteiger partial charge in [-0.05, 0) is 19.1 Å². The summed E-state index contributed by atoms with van der Waals surface area (Å²) in [6.45, 7) is 1.20. The van der Waals surface area contributed by atoms with Gasteiger partial charge < -0.3 is 15.1 Å². The van der Waals surface area contributed by atoms with Crippen molar-refractivity contribution < 1.29 is 15.0 Å². The number of aliphatic carboxylic acids is 1. The molecule has 0 radical (unpaired) electrons. The Balaban J connectivity index is 0.000000288. The van der Waals surface area contributed by atoms with E-state index in [1.165, 1.54) is 12.6 Å². The third-order valence-electron chi connectivity index (χ3n) is 1.63. The first-order chi connectivity index (χ1) is 6.95. The molecule has 1 atom stereocenters. The molecule has 0 spiro atoms. The highest BCUT2D eigenvalue weighted by Gasteiger charge is 2.01. The van der Waals surface area contributed by atoms with Crippen molar-refractivity contribution in [3.8, 4) is 0 Å². The zero-order valence-corrected chi connectivity index (χ0v) is 9.21. The number of nitrogens with zero attached hydrogens (tertiary/aromatic N) is 1. The van der Waals surface area contributed by atoms with Crippen molar-refractivity contribution in [2.45, 2.75) is 13.0 Å². The van der Waals surface area contributed by atoms with Crippen molar-refractivity contribution in [1.82, 2.24) is 0 Å². The first-order valence-electron chi connectivity index (χ1n) is 4.58. The van der Waals surface area contributed by atoms with Gasteiger partial charge in [0.15, 0.2) is 0 Å². The van der Waals surface area contributed by atoms with Crippen LogP contribution in [0.5, 0.6) is 0 Å². The lowest BCUT2D eigenvalue weighted by Crippen LogP contribution is -2.13. The highest BCUT2D eigenvalue weighted by molar-refractivity contribution is 5.71. The maximum atomic E-state index is 9.45. The highest BCUT2D eigenvalue weighted by Crippen LogP contribution is 2.07. The Morgan fingerprint density at radius 2 is 1.67 bits per heavy atom. The van der Waals surface area contributed by atoms with Crippen LogP contribution in [0.2, 0.25) is 0 Å². The smallest absolute Gasteiger partial charge is 0.332 e. The van der Waals surface area contributed by atoms with Crippen LogP contribution in [-0.4, -0.2) is 36.4 Å². The van der Waals surface area contributed by atoms with E-state index in [4.69, 9.17) is 10.2 Å². The molecule has 0 bridgehead atoms. The van der Waals surface area contributed by atoms with Crippen molar-refractivity contribution in [2.24, 2.45) is 0 Å². The van der Waals surface area contributed by atoms with Gasteiger partial charge in [-0.25, -0.2) is 4.79 Å². The highest BCUT2D eigenvalue weighted by atomic mass is 16.4. The largest absolute Gasteiger partial charge is 0.479 e. The van der Waals surface area contributed by atoms with Gasteiger partial charge in [0.25, 0.3) is 0 Å². The van der Waals surface area contributed by atoms with Crippen molar-refractivity contribution in [1.29, 1.82) is 0 Å². The molecule has 0 saturated carbocycles. The average molecular weight is 211 g/mol. The maximum Gasteiger partial charge on any atom is 0.332 e. The molecular weight excluding hydrogens is 194 g/mol. The lowest BCUT2D eigenvalue weighted by molar-refractivity contribution is -0.145. The SMILES string of the molecule is CC(O)C(=O)O.CN(C)c1ccccc1. The van der Waals surface area contributed by atoms with Crippen LogP contribution in [0.25, 0.3) is 0 Å². The zero-order chi connectivity index (χ0) is 11.8. The van der Waals surface area contributed by atoms with E-state index in [1.54, 1.807) is 0 Å². The summed E-state index contributed by atoms with van der Waals surface area (Å²) in [6, 6.07) is 10.3. The summed E-state index contributed by atoms with van der Waals surface area (Å²) in [5, 5.41) is 15.8. The lowest BCUT2D eigenvalue weighted by Gasteiger charge is -2.10. The monoisotopic (exact) mass is 211 g/mol. The Morgan fingerprint density at radius 1 is 1.27 bits per heavy atom. The molecule has 0 aliphatic heterocycles. The maximum absolute atomic E-state index is 9.45. The second-order valence-corrected chi connectivity index (χ2v) is 3.24. The normalized spacial score (nSPS) is 10.9. The number of benzene rings is 1. The van der Waals surface area contributed by atoms with E-state index in [0.717, 1.165) is 0 Å². The fraction of sp³-hybridized carbons (Fsp3) is 0.364. The number of carbonyl (C=O) groups is 1. The van der Waals surface area contributed by atoms with Crippen molar-refractivity contribution in [2.75, 3.05) is 19.0 Å². The van der Waals surface area contributed by atoms with Gasteiger partial charge in [-0.2, -0.15) is 0 Å². The molecule has 2 N–H and O–H groups in total. The van der Waals surface area contributed by atoms with E-state index in [-0.39, 0.29) is 0 Å². The molecular formula is C11H17NO3. The van der Waals surface area contributed by atoms with E-state index >= 15 is 0 Å². The number of aliphatic hydroxyl groups excluding tert-OH is 1. The molecule has 0 amide bonds. The van der Waals surface area contributed by atoms with E-state index < -0.39 is 12.1 Å². The van der Waals surface area contributed by atoms with Crippen LogP contribution in [-0.2, 0) is 4.79 Å². The number of hydrogen-bond acceptors (Lipinski definition) is 3. The van der Waals surface area contributed by atoms with Crippen molar-refractivity contribution in [3.05, 3.63) is 30.3 Å². The number of aliphatic hydroxyl groups is 1. The third kappa shape index (κ3) is 6.51. The Kier molecular flexibility index (Phi) is 6.13. The Hall–Kier alpha value is -1.55. The molecule has 0 fully saturated rings. The number of para-hydroxylation sites is 1. The van der Waals surface area contributed by atoms with Crippen molar-refractivity contribution in [3.63, 3.8) is 0 Å². The lowest BCUT2D eigenvalue weighted by atomic mass is 10.3. The predicted molar refractivity (Wildman–Crippen MR) is 60.1 cm³/mol. The van der Waals surface area contributed by atoms with Gasteiger partial charge in [-0.15, -0.1) is 0 Å². The Morgan fingerprint density at radius 3 is 1.87 bits per heavy atom. The van der Waals surface area contributed by atoms with Gasteiger partial charge in [-0.3, -0.25) is 0 Å². The van der Waals surface area contributed by atoms with Gasteiger partial charge in [-0.1, -0.05) is 18.2 Å². The number of carboxylic acids is 1. The topological polar surface area (TPSA) is 60.8 Å². The molecule has 15 heavy (non-hydrogen) atoms. The molecule has 1 aromatic rings. The standard InChI is InChI=1S/C8H11N.C3H6O3/c1-9(2)8-6-4-3-5-7-8;1-2(4)3(5)6/h3-7H,1-2H3;2,4H,1H3,(H,5,6). The van der Waals surface area contributed by atoms with Crippen molar-refractivity contribution >= 4 is 11.7 Å². The van der Waals surface area contributed by atoms with E-state index in [2.05, 4.69) is 17.0 Å². The fourth-order valence-electron chi connectivity index (χ4n) is 0.726. The molecule has 0 aromatic heterocycles. The minimum absolute atomic E-state index is 1.19. The fourth-order valence-corrected chi connectivity index (χ4v) is 0.726. The molecule has 4 heteroatoms. The Labute approximate surface area is 89.8 Å². The van der Waals surface area contributed by atoms with Crippen LogP contribution in [0.3, 0.4) is 0 Å². The summed E-state index contributed by atoms with van der Waals surface area (Å²) >= 11 is 0. The number of rotatable bonds is 2. The zero-order valence-electron chi connectivity index (χ0n) is 9.21. The summed E-state index contributed by atoms with van der Waals surface area (Å²) in [7, 11) is 4.07. The quantitative estimate of drug-likeness (QED) is 0.771. The summed E-state index contributed by atoms with van der Waals surface area (Å²) in [5.41, 5.74) is 1.25. The first-order valence-corrected chi connectivity index (χ1v) is 4.58. The predicted octanol–water partition coefficient (Wildman–Crippen LogP) is 1.20. The molecule has 84 valence electrons. The van der Waals surface area contributed by atoms with Gasteiger partial charge in [0, 0.05) is 19.8 Å². The summed E-state index contributed by atoms with van der Waals surface area (Å²) in [4.78, 5) is 11.5. The van der Waals surface area contributed by atoms with E-state index in [1.807, 2.05) is 32.3 Å². The summed E-state index contributed by atoms with van der Waals surface area (Å²) in [5.74, 6) is -1.19. The van der Waals surface area contributed by atoms with Crippen LogP contribution >= 0.6 is 0 Å². The van der Waals surface area contributed by atoms with Crippen LogP contribution in [0.15, 0.2) is 30.3 Å².